The van der Waals surface area contributed by atoms with E-state index in [0.29, 0.717) is 44.1 Å². The van der Waals surface area contributed by atoms with E-state index < -0.39 is 10.0 Å². The van der Waals surface area contributed by atoms with E-state index in [1.807, 2.05) is 6.92 Å². The quantitative estimate of drug-likeness (QED) is 0.819. The average Bonchev–Trinajstić information content (AvgIpc) is 3.03. The topological polar surface area (TPSA) is 76.2 Å². The van der Waals surface area contributed by atoms with Gasteiger partial charge in [0.05, 0.1) is 4.90 Å². The Bertz CT molecular complexity index is 696. The zero-order valence-corrected chi connectivity index (χ0v) is 13.8. The van der Waals surface area contributed by atoms with Crippen LogP contribution in [-0.2, 0) is 14.8 Å². The summed E-state index contributed by atoms with van der Waals surface area (Å²) in [5.74, 6) is 1.09. The molecular formula is C15H20N2O5S. The van der Waals surface area contributed by atoms with Gasteiger partial charge >= 0.3 is 0 Å². The number of sulfonamides is 1. The lowest BCUT2D eigenvalue weighted by Crippen LogP contribution is -2.50. The Morgan fingerprint density at radius 1 is 1.13 bits per heavy atom. The number of amides is 1. The van der Waals surface area contributed by atoms with Crippen molar-refractivity contribution in [2.75, 3.05) is 33.0 Å². The molecule has 0 unspecified atom stereocenters. The molecule has 0 aromatic heterocycles. The summed E-state index contributed by atoms with van der Waals surface area (Å²) in [6, 6.07) is 4.62. The van der Waals surface area contributed by atoms with Gasteiger partial charge in [0.25, 0.3) is 0 Å². The Morgan fingerprint density at radius 3 is 2.52 bits per heavy atom. The predicted octanol–water partition coefficient (Wildman–Crippen LogP) is 1.05. The highest BCUT2D eigenvalue weighted by atomic mass is 32.2. The average molecular weight is 340 g/mol. The summed E-state index contributed by atoms with van der Waals surface area (Å²) in [6.07, 6.45) is 1.31. The first-order valence-corrected chi connectivity index (χ1v) is 9.14. The Hall–Kier alpha value is -1.80. The lowest BCUT2D eigenvalue weighted by molar-refractivity contribution is -0.132. The molecule has 1 aromatic carbocycles. The third-order valence-corrected chi connectivity index (χ3v) is 5.93. The van der Waals surface area contributed by atoms with Gasteiger partial charge in [-0.1, -0.05) is 6.92 Å². The maximum atomic E-state index is 12.7. The summed E-state index contributed by atoms with van der Waals surface area (Å²) in [5.41, 5.74) is 0. The van der Waals surface area contributed by atoms with Crippen LogP contribution in [-0.4, -0.2) is 56.5 Å². The van der Waals surface area contributed by atoms with Crippen LogP contribution in [0.4, 0.5) is 0 Å². The van der Waals surface area contributed by atoms with Gasteiger partial charge in [-0.2, -0.15) is 4.31 Å². The number of piperazine rings is 1. The molecule has 1 saturated heterocycles. The van der Waals surface area contributed by atoms with Crippen LogP contribution in [0, 0.1) is 0 Å². The molecule has 23 heavy (non-hydrogen) atoms. The maximum absolute atomic E-state index is 12.7. The van der Waals surface area contributed by atoms with Crippen LogP contribution in [0.1, 0.15) is 19.8 Å². The predicted molar refractivity (Wildman–Crippen MR) is 82.8 cm³/mol. The van der Waals surface area contributed by atoms with Gasteiger partial charge in [-0.05, 0) is 18.6 Å². The van der Waals surface area contributed by atoms with Crippen LogP contribution >= 0.6 is 0 Å². The van der Waals surface area contributed by atoms with Gasteiger partial charge in [-0.15, -0.1) is 0 Å². The minimum atomic E-state index is -3.59. The second-order valence-corrected chi connectivity index (χ2v) is 7.49. The standard InChI is InChI=1S/C15H20N2O5S/c1-2-3-15(18)16-6-8-17(9-7-16)23(19,20)12-4-5-13-14(10-12)22-11-21-13/h4-5,10H,2-3,6-9,11H2,1H3. The van der Waals surface area contributed by atoms with Crippen LogP contribution in [0.15, 0.2) is 23.1 Å². The van der Waals surface area contributed by atoms with Crippen LogP contribution < -0.4 is 9.47 Å². The van der Waals surface area contributed by atoms with E-state index in [9.17, 15) is 13.2 Å². The molecule has 2 aliphatic heterocycles. The van der Waals surface area contributed by atoms with Crippen LogP contribution in [0.2, 0.25) is 0 Å². The fraction of sp³-hybridized carbons (Fsp3) is 0.533. The first-order valence-electron chi connectivity index (χ1n) is 7.70. The number of carbonyl (C=O) groups is 1. The van der Waals surface area contributed by atoms with Crippen LogP contribution in [0.5, 0.6) is 11.5 Å². The highest BCUT2D eigenvalue weighted by Crippen LogP contribution is 2.34. The molecule has 0 saturated carbocycles. The molecule has 126 valence electrons. The van der Waals surface area contributed by atoms with Gasteiger partial charge in [0.15, 0.2) is 11.5 Å². The fourth-order valence-electron chi connectivity index (χ4n) is 2.74. The number of rotatable bonds is 4. The number of carbonyl (C=O) groups excluding carboxylic acids is 1. The monoisotopic (exact) mass is 340 g/mol. The molecule has 2 aliphatic rings. The lowest BCUT2D eigenvalue weighted by Gasteiger charge is -2.34. The van der Waals surface area contributed by atoms with Crippen LogP contribution in [0.25, 0.3) is 0 Å². The van der Waals surface area contributed by atoms with Crippen molar-refractivity contribution in [3.8, 4) is 11.5 Å². The van der Waals surface area contributed by atoms with E-state index in [1.165, 1.54) is 16.4 Å². The smallest absolute Gasteiger partial charge is 0.243 e. The third-order valence-electron chi connectivity index (χ3n) is 4.04. The summed E-state index contributed by atoms with van der Waals surface area (Å²) >= 11 is 0. The summed E-state index contributed by atoms with van der Waals surface area (Å²) in [7, 11) is -3.59. The molecule has 0 atom stereocenters. The number of ether oxygens (including phenoxy) is 2. The van der Waals surface area contributed by atoms with Gasteiger partial charge in [-0.3, -0.25) is 4.79 Å². The Kier molecular flexibility index (Phi) is 4.45. The molecule has 0 spiro atoms. The van der Waals surface area contributed by atoms with Crippen molar-refractivity contribution < 1.29 is 22.7 Å². The number of hydrogen-bond donors (Lipinski definition) is 0. The minimum Gasteiger partial charge on any atom is -0.454 e. The molecule has 0 N–H and O–H groups in total. The Morgan fingerprint density at radius 2 is 1.83 bits per heavy atom. The molecule has 1 amide bonds. The first kappa shape index (κ1) is 16.1. The van der Waals surface area contributed by atoms with Crippen molar-refractivity contribution in [1.29, 1.82) is 0 Å². The van der Waals surface area contributed by atoms with E-state index in [2.05, 4.69) is 0 Å². The normalized spacial score (nSPS) is 18.2. The summed E-state index contributed by atoms with van der Waals surface area (Å²) in [6.45, 7) is 3.55. The van der Waals surface area contributed by atoms with E-state index in [1.54, 1.807) is 11.0 Å². The van der Waals surface area contributed by atoms with E-state index in [0.717, 1.165) is 6.42 Å². The molecule has 1 aromatic rings. The van der Waals surface area contributed by atoms with E-state index in [-0.39, 0.29) is 17.6 Å². The van der Waals surface area contributed by atoms with Crippen molar-refractivity contribution in [3.05, 3.63) is 18.2 Å². The van der Waals surface area contributed by atoms with Crippen molar-refractivity contribution >= 4 is 15.9 Å². The molecule has 2 heterocycles. The molecule has 0 bridgehead atoms. The molecular weight excluding hydrogens is 320 g/mol. The highest BCUT2D eigenvalue weighted by Gasteiger charge is 2.31. The maximum Gasteiger partial charge on any atom is 0.243 e. The molecule has 0 aliphatic carbocycles. The Balaban J connectivity index is 1.71. The van der Waals surface area contributed by atoms with Crippen molar-refractivity contribution in [3.63, 3.8) is 0 Å². The second kappa shape index (κ2) is 6.37. The van der Waals surface area contributed by atoms with Gasteiger partial charge in [0.1, 0.15) is 0 Å². The lowest BCUT2D eigenvalue weighted by atomic mass is 10.2. The highest BCUT2D eigenvalue weighted by molar-refractivity contribution is 7.89. The molecule has 3 rings (SSSR count). The summed E-state index contributed by atoms with van der Waals surface area (Å²) < 4.78 is 37.3. The van der Waals surface area contributed by atoms with Gasteiger partial charge < -0.3 is 14.4 Å². The number of hydrogen-bond acceptors (Lipinski definition) is 5. The van der Waals surface area contributed by atoms with Gasteiger partial charge in [0.2, 0.25) is 22.7 Å². The fourth-order valence-corrected chi connectivity index (χ4v) is 4.17. The number of benzene rings is 1. The largest absolute Gasteiger partial charge is 0.454 e. The summed E-state index contributed by atoms with van der Waals surface area (Å²) in [4.78, 5) is 13.8. The minimum absolute atomic E-state index is 0.0904. The number of fused-ring (bicyclic) bond motifs is 1. The van der Waals surface area contributed by atoms with Crippen LogP contribution in [0.3, 0.4) is 0 Å². The second-order valence-electron chi connectivity index (χ2n) is 5.55. The van der Waals surface area contributed by atoms with E-state index >= 15 is 0 Å². The number of nitrogens with zero attached hydrogens (tertiary/aromatic N) is 2. The molecule has 0 radical (unpaired) electrons. The first-order chi connectivity index (χ1) is 11.0. The zero-order chi connectivity index (χ0) is 16.4. The molecule has 7 nitrogen and oxygen atoms in total. The SMILES string of the molecule is CCCC(=O)N1CCN(S(=O)(=O)c2ccc3c(c2)OCO3)CC1. The molecule has 1 fully saturated rings. The van der Waals surface area contributed by atoms with Crippen molar-refractivity contribution in [2.45, 2.75) is 24.7 Å². The molecule has 8 heteroatoms. The van der Waals surface area contributed by atoms with Crippen molar-refractivity contribution in [1.82, 2.24) is 9.21 Å². The zero-order valence-electron chi connectivity index (χ0n) is 13.0. The Labute approximate surface area is 135 Å². The van der Waals surface area contributed by atoms with E-state index in [4.69, 9.17) is 9.47 Å². The third kappa shape index (κ3) is 3.13. The van der Waals surface area contributed by atoms with Crippen molar-refractivity contribution in [2.24, 2.45) is 0 Å². The van der Waals surface area contributed by atoms with Gasteiger partial charge in [-0.25, -0.2) is 8.42 Å². The van der Waals surface area contributed by atoms with Gasteiger partial charge in [0, 0.05) is 38.7 Å². The summed E-state index contributed by atoms with van der Waals surface area (Å²) in [5, 5.41) is 0.